The summed E-state index contributed by atoms with van der Waals surface area (Å²) in [4.78, 5) is 22.7. The zero-order chi connectivity index (χ0) is 15.8. The SMILES string of the molecule is CCCCC(C)NC(=O)NC(CC(=O)O)CC(C)(C)C. The van der Waals surface area contributed by atoms with Crippen LogP contribution in [0.1, 0.15) is 66.7 Å². The first-order valence-electron chi connectivity index (χ1n) is 7.43. The maximum atomic E-state index is 11.9. The van der Waals surface area contributed by atoms with Crippen LogP contribution in [0.2, 0.25) is 0 Å². The van der Waals surface area contributed by atoms with Crippen molar-refractivity contribution in [1.29, 1.82) is 0 Å². The van der Waals surface area contributed by atoms with Crippen molar-refractivity contribution >= 4 is 12.0 Å². The molecule has 118 valence electrons. The Morgan fingerprint density at radius 1 is 1.20 bits per heavy atom. The zero-order valence-electron chi connectivity index (χ0n) is 13.5. The summed E-state index contributed by atoms with van der Waals surface area (Å²) in [5.74, 6) is -0.890. The van der Waals surface area contributed by atoms with Gasteiger partial charge in [-0.25, -0.2) is 4.79 Å². The second-order valence-corrected chi connectivity index (χ2v) is 6.72. The Morgan fingerprint density at radius 3 is 2.25 bits per heavy atom. The molecule has 2 atom stereocenters. The van der Waals surface area contributed by atoms with E-state index in [1.54, 1.807) is 0 Å². The quantitative estimate of drug-likeness (QED) is 0.641. The highest BCUT2D eigenvalue weighted by molar-refractivity contribution is 5.76. The Bertz CT molecular complexity index is 311. The molecular formula is C15H30N2O3. The van der Waals surface area contributed by atoms with E-state index in [4.69, 9.17) is 5.11 Å². The van der Waals surface area contributed by atoms with Gasteiger partial charge in [-0.15, -0.1) is 0 Å². The number of urea groups is 1. The van der Waals surface area contributed by atoms with Crippen molar-refractivity contribution < 1.29 is 14.7 Å². The number of carboxylic acids is 1. The molecule has 0 aliphatic carbocycles. The van der Waals surface area contributed by atoms with E-state index >= 15 is 0 Å². The molecule has 0 aromatic rings. The maximum Gasteiger partial charge on any atom is 0.315 e. The number of hydrogen-bond donors (Lipinski definition) is 3. The van der Waals surface area contributed by atoms with Crippen molar-refractivity contribution in [2.24, 2.45) is 5.41 Å². The third kappa shape index (κ3) is 10.6. The lowest BCUT2D eigenvalue weighted by molar-refractivity contribution is -0.137. The Balaban J connectivity index is 4.34. The first kappa shape index (κ1) is 18.7. The summed E-state index contributed by atoms with van der Waals surface area (Å²) in [7, 11) is 0. The molecule has 0 radical (unpaired) electrons. The lowest BCUT2D eigenvalue weighted by Crippen LogP contribution is -2.47. The summed E-state index contributed by atoms with van der Waals surface area (Å²) in [5, 5.41) is 14.6. The van der Waals surface area contributed by atoms with Crippen LogP contribution < -0.4 is 10.6 Å². The second-order valence-electron chi connectivity index (χ2n) is 6.72. The fourth-order valence-electron chi connectivity index (χ4n) is 2.16. The van der Waals surface area contributed by atoms with E-state index in [9.17, 15) is 9.59 Å². The number of unbranched alkanes of at least 4 members (excludes halogenated alkanes) is 1. The number of amides is 2. The van der Waals surface area contributed by atoms with E-state index in [-0.39, 0.29) is 30.0 Å². The fourth-order valence-corrected chi connectivity index (χ4v) is 2.16. The number of carbonyl (C=O) groups is 2. The standard InChI is InChI=1S/C15H30N2O3/c1-6-7-8-11(2)16-14(20)17-12(9-13(18)19)10-15(3,4)5/h11-12H,6-10H2,1-5H3,(H,18,19)(H2,16,17,20). The van der Waals surface area contributed by atoms with E-state index in [0.717, 1.165) is 19.3 Å². The molecule has 3 N–H and O–H groups in total. The molecule has 0 aromatic heterocycles. The molecule has 0 saturated heterocycles. The van der Waals surface area contributed by atoms with Crippen LogP contribution in [0.15, 0.2) is 0 Å². The summed E-state index contributed by atoms with van der Waals surface area (Å²) in [5.41, 5.74) is -0.0266. The summed E-state index contributed by atoms with van der Waals surface area (Å²) >= 11 is 0. The Labute approximate surface area is 122 Å². The maximum absolute atomic E-state index is 11.9. The summed E-state index contributed by atoms with van der Waals surface area (Å²) < 4.78 is 0. The van der Waals surface area contributed by atoms with Crippen molar-refractivity contribution in [2.75, 3.05) is 0 Å². The van der Waals surface area contributed by atoms with Crippen molar-refractivity contribution in [1.82, 2.24) is 10.6 Å². The van der Waals surface area contributed by atoms with Crippen LogP contribution in [0.25, 0.3) is 0 Å². The molecule has 20 heavy (non-hydrogen) atoms. The van der Waals surface area contributed by atoms with E-state index in [1.165, 1.54) is 0 Å². The highest BCUT2D eigenvalue weighted by atomic mass is 16.4. The van der Waals surface area contributed by atoms with Gasteiger partial charge in [-0.1, -0.05) is 40.5 Å². The van der Waals surface area contributed by atoms with Crippen LogP contribution in [-0.2, 0) is 4.79 Å². The Kier molecular flexibility index (Phi) is 8.26. The van der Waals surface area contributed by atoms with Crippen molar-refractivity contribution in [3.8, 4) is 0 Å². The minimum Gasteiger partial charge on any atom is -0.481 e. The van der Waals surface area contributed by atoms with Gasteiger partial charge in [-0.2, -0.15) is 0 Å². The van der Waals surface area contributed by atoms with Gasteiger partial charge in [-0.3, -0.25) is 4.79 Å². The monoisotopic (exact) mass is 286 g/mol. The minimum atomic E-state index is -0.890. The first-order chi connectivity index (χ1) is 9.14. The van der Waals surface area contributed by atoms with Crippen molar-refractivity contribution in [3.05, 3.63) is 0 Å². The average Bonchev–Trinajstić information content (AvgIpc) is 2.22. The molecule has 0 aliphatic rings. The molecule has 2 amide bonds. The van der Waals surface area contributed by atoms with Crippen molar-refractivity contribution in [2.45, 2.75) is 78.8 Å². The zero-order valence-corrected chi connectivity index (χ0v) is 13.5. The molecule has 0 aliphatic heterocycles. The van der Waals surface area contributed by atoms with Crippen LogP contribution in [0.3, 0.4) is 0 Å². The van der Waals surface area contributed by atoms with E-state index in [2.05, 4.69) is 17.6 Å². The molecule has 0 heterocycles. The molecule has 0 spiro atoms. The van der Waals surface area contributed by atoms with Gasteiger partial charge in [0.2, 0.25) is 0 Å². The van der Waals surface area contributed by atoms with E-state index in [0.29, 0.717) is 6.42 Å². The van der Waals surface area contributed by atoms with Gasteiger partial charge in [0, 0.05) is 12.1 Å². The summed E-state index contributed by atoms with van der Waals surface area (Å²) in [6, 6.07) is -0.509. The molecule has 0 rings (SSSR count). The number of carboxylic acid groups (broad SMARTS) is 1. The number of rotatable bonds is 8. The van der Waals surface area contributed by atoms with Crippen LogP contribution in [0.4, 0.5) is 4.79 Å². The van der Waals surface area contributed by atoms with Gasteiger partial charge in [-0.05, 0) is 25.2 Å². The minimum absolute atomic E-state index is 0.0266. The lowest BCUT2D eigenvalue weighted by atomic mass is 9.87. The van der Waals surface area contributed by atoms with Gasteiger partial charge in [0.15, 0.2) is 0 Å². The van der Waals surface area contributed by atoms with Crippen LogP contribution in [0.5, 0.6) is 0 Å². The van der Waals surface area contributed by atoms with Gasteiger partial charge >= 0.3 is 12.0 Å². The Hall–Kier alpha value is -1.26. The van der Waals surface area contributed by atoms with E-state index in [1.807, 2.05) is 27.7 Å². The van der Waals surface area contributed by atoms with Gasteiger partial charge in [0.1, 0.15) is 0 Å². The third-order valence-electron chi connectivity index (χ3n) is 2.98. The van der Waals surface area contributed by atoms with Gasteiger partial charge < -0.3 is 15.7 Å². The summed E-state index contributed by atoms with van der Waals surface area (Å²) in [6.45, 7) is 10.2. The lowest BCUT2D eigenvalue weighted by Gasteiger charge is -2.26. The van der Waals surface area contributed by atoms with Crippen LogP contribution >= 0.6 is 0 Å². The molecule has 0 bridgehead atoms. The van der Waals surface area contributed by atoms with Gasteiger partial charge in [0.05, 0.1) is 6.42 Å². The first-order valence-corrected chi connectivity index (χ1v) is 7.43. The molecule has 5 nitrogen and oxygen atoms in total. The molecule has 0 aromatic carbocycles. The molecule has 0 saturated carbocycles. The van der Waals surface area contributed by atoms with Crippen LogP contribution in [0, 0.1) is 5.41 Å². The molecule has 2 unspecified atom stereocenters. The highest BCUT2D eigenvalue weighted by Gasteiger charge is 2.23. The third-order valence-corrected chi connectivity index (χ3v) is 2.98. The predicted octanol–water partition coefficient (Wildman–Crippen LogP) is 3.14. The Morgan fingerprint density at radius 2 is 1.80 bits per heavy atom. The number of carbonyl (C=O) groups excluding carboxylic acids is 1. The number of nitrogens with one attached hydrogen (secondary N) is 2. The largest absolute Gasteiger partial charge is 0.481 e. The van der Waals surface area contributed by atoms with Gasteiger partial charge in [0.25, 0.3) is 0 Å². The summed E-state index contributed by atoms with van der Waals surface area (Å²) in [6.07, 6.45) is 3.69. The molecule has 5 heteroatoms. The molecule has 0 fully saturated rings. The number of aliphatic carboxylic acids is 1. The smallest absolute Gasteiger partial charge is 0.315 e. The molecular weight excluding hydrogens is 256 g/mol. The van der Waals surface area contributed by atoms with Crippen molar-refractivity contribution in [3.63, 3.8) is 0 Å². The fraction of sp³-hybridized carbons (Fsp3) is 0.867. The second kappa shape index (κ2) is 8.82. The normalized spacial score (nSPS) is 14.4. The highest BCUT2D eigenvalue weighted by Crippen LogP contribution is 2.22. The van der Waals surface area contributed by atoms with Crippen LogP contribution in [-0.4, -0.2) is 29.2 Å². The predicted molar refractivity (Wildman–Crippen MR) is 80.8 cm³/mol. The van der Waals surface area contributed by atoms with E-state index < -0.39 is 5.97 Å². The average molecular weight is 286 g/mol. The topological polar surface area (TPSA) is 78.4 Å². The number of hydrogen-bond acceptors (Lipinski definition) is 2.